The summed E-state index contributed by atoms with van der Waals surface area (Å²) in [6.45, 7) is 3.12. The molecule has 0 spiro atoms. The predicted molar refractivity (Wildman–Crippen MR) is 100 cm³/mol. The van der Waals surface area contributed by atoms with E-state index in [0.29, 0.717) is 5.13 Å². The Kier molecular flexibility index (Phi) is 4.98. The quantitative estimate of drug-likeness (QED) is 0.937. The van der Waals surface area contributed by atoms with Crippen LogP contribution >= 0.6 is 11.3 Å². The summed E-state index contributed by atoms with van der Waals surface area (Å²) in [5.41, 5.74) is 9.48. The number of aromatic nitrogens is 1. The van der Waals surface area contributed by atoms with Crippen LogP contribution in [0.1, 0.15) is 16.1 Å². The third-order valence-corrected chi connectivity index (χ3v) is 5.18. The van der Waals surface area contributed by atoms with Gasteiger partial charge in [-0.1, -0.05) is 24.3 Å². The van der Waals surface area contributed by atoms with Crippen LogP contribution in [0, 0.1) is 0 Å². The molecule has 1 aromatic carbocycles. The number of fused-ring (bicyclic) bond motifs is 1. The van der Waals surface area contributed by atoms with Crippen LogP contribution in [0.25, 0.3) is 6.08 Å². The van der Waals surface area contributed by atoms with Crippen LogP contribution in [-0.4, -0.2) is 43.6 Å². The van der Waals surface area contributed by atoms with Crippen molar-refractivity contribution in [3.63, 3.8) is 0 Å². The SMILES string of the molecule is CN(C)c1ccc(/C=C/CN2CCc3nc(N)sc3CC2)cc1. The second kappa shape index (κ2) is 7.15. The fourth-order valence-electron chi connectivity index (χ4n) is 2.83. The first kappa shape index (κ1) is 16.0. The molecular weight excluding hydrogens is 304 g/mol. The molecule has 4 nitrogen and oxygen atoms in total. The first-order valence-corrected chi connectivity index (χ1v) is 8.84. The zero-order valence-corrected chi connectivity index (χ0v) is 14.6. The van der Waals surface area contributed by atoms with Gasteiger partial charge in [-0.3, -0.25) is 4.90 Å². The van der Waals surface area contributed by atoms with Gasteiger partial charge in [0.25, 0.3) is 0 Å². The lowest BCUT2D eigenvalue weighted by Gasteiger charge is -2.17. The predicted octanol–water partition coefficient (Wildman–Crippen LogP) is 2.91. The van der Waals surface area contributed by atoms with Gasteiger partial charge < -0.3 is 10.6 Å². The van der Waals surface area contributed by atoms with Crippen molar-refractivity contribution in [1.29, 1.82) is 0 Å². The van der Waals surface area contributed by atoms with Crippen molar-refractivity contribution in [3.05, 3.63) is 46.5 Å². The van der Waals surface area contributed by atoms with Crippen LogP contribution in [0.3, 0.4) is 0 Å². The molecule has 0 bridgehead atoms. The monoisotopic (exact) mass is 328 g/mol. The average molecular weight is 328 g/mol. The minimum Gasteiger partial charge on any atom is -0.378 e. The van der Waals surface area contributed by atoms with E-state index in [-0.39, 0.29) is 0 Å². The maximum atomic E-state index is 5.80. The smallest absolute Gasteiger partial charge is 0.180 e. The summed E-state index contributed by atoms with van der Waals surface area (Å²) in [5.74, 6) is 0. The lowest BCUT2D eigenvalue weighted by atomic mass is 10.2. The van der Waals surface area contributed by atoms with Crippen molar-refractivity contribution >= 4 is 28.2 Å². The molecule has 1 aliphatic rings. The normalized spacial score (nSPS) is 15.6. The molecule has 2 aromatic rings. The van der Waals surface area contributed by atoms with Gasteiger partial charge in [-0.15, -0.1) is 11.3 Å². The van der Waals surface area contributed by atoms with Crippen LogP contribution in [0.4, 0.5) is 10.8 Å². The van der Waals surface area contributed by atoms with E-state index in [2.05, 4.69) is 65.3 Å². The Morgan fingerprint density at radius 3 is 2.70 bits per heavy atom. The number of hydrogen-bond donors (Lipinski definition) is 1. The zero-order chi connectivity index (χ0) is 16.2. The minimum atomic E-state index is 0.713. The Labute approximate surface area is 142 Å². The maximum Gasteiger partial charge on any atom is 0.180 e. The van der Waals surface area contributed by atoms with Gasteiger partial charge in [0.15, 0.2) is 5.13 Å². The molecule has 5 heteroatoms. The Morgan fingerprint density at radius 1 is 1.22 bits per heavy atom. The lowest BCUT2D eigenvalue weighted by molar-refractivity contribution is 0.318. The van der Waals surface area contributed by atoms with E-state index in [9.17, 15) is 0 Å². The summed E-state index contributed by atoms with van der Waals surface area (Å²) in [6, 6.07) is 8.64. The largest absolute Gasteiger partial charge is 0.378 e. The van der Waals surface area contributed by atoms with Crippen molar-refractivity contribution in [1.82, 2.24) is 9.88 Å². The van der Waals surface area contributed by atoms with E-state index >= 15 is 0 Å². The number of rotatable bonds is 4. The van der Waals surface area contributed by atoms with Gasteiger partial charge in [-0.2, -0.15) is 0 Å². The first-order chi connectivity index (χ1) is 11.1. The van der Waals surface area contributed by atoms with E-state index < -0.39 is 0 Å². The molecule has 0 atom stereocenters. The van der Waals surface area contributed by atoms with Crippen molar-refractivity contribution < 1.29 is 0 Å². The summed E-state index contributed by atoms with van der Waals surface area (Å²) < 4.78 is 0. The summed E-state index contributed by atoms with van der Waals surface area (Å²) in [5, 5.41) is 0.713. The topological polar surface area (TPSA) is 45.4 Å². The molecule has 0 amide bonds. The van der Waals surface area contributed by atoms with Crippen molar-refractivity contribution in [2.75, 3.05) is 44.4 Å². The Morgan fingerprint density at radius 2 is 1.96 bits per heavy atom. The standard InChI is InChI=1S/C18H24N4S/c1-21(2)15-7-5-14(6-8-15)4-3-11-22-12-9-16-17(10-13-22)23-18(19)20-16/h3-8H,9-13H2,1-2H3,(H2,19,20)/b4-3+. The molecule has 3 rings (SSSR count). The molecule has 1 aromatic heterocycles. The molecule has 0 saturated heterocycles. The van der Waals surface area contributed by atoms with Crippen molar-refractivity contribution in [2.24, 2.45) is 0 Å². The van der Waals surface area contributed by atoms with Crippen molar-refractivity contribution in [2.45, 2.75) is 12.8 Å². The van der Waals surface area contributed by atoms with Crippen LogP contribution in [-0.2, 0) is 12.8 Å². The molecule has 23 heavy (non-hydrogen) atoms. The molecule has 0 fully saturated rings. The third kappa shape index (κ3) is 4.12. The van der Waals surface area contributed by atoms with Gasteiger partial charge in [-0.25, -0.2) is 4.98 Å². The highest BCUT2D eigenvalue weighted by Gasteiger charge is 2.16. The number of anilines is 2. The highest BCUT2D eigenvalue weighted by molar-refractivity contribution is 7.15. The van der Waals surface area contributed by atoms with E-state index in [4.69, 9.17) is 5.73 Å². The molecule has 2 heterocycles. The fourth-order valence-corrected chi connectivity index (χ4v) is 3.70. The number of benzene rings is 1. The summed E-state index contributed by atoms with van der Waals surface area (Å²) in [6.07, 6.45) is 6.53. The first-order valence-electron chi connectivity index (χ1n) is 8.02. The number of nitrogens with zero attached hydrogens (tertiary/aromatic N) is 3. The molecule has 1 aliphatic heterocycles. The maximum absolute atomic E-state index is 5.80. The average Bonchev–Trinajstić information content (AvgIpc) is 2.79. The second-order valence-corrected chi connectivity index (χ2v) is 7.23. The zero-order valence-electron chi connectivity index (χ0n) is 13.8. The van der Waals surface area contributed by atoms with Gasteiger partial charge in [0.2, 0.25) is 0 Å². The van der Waals surface area contributed by atoms with Gasteiger partial charge in [0.05, 0.1) is 5.69 Å². The van der Waals surface area contributed by atoms with Crippen LogP contribution in [0.15, 0.2) is 30.3 Å². The second-order valence-electron chi connectivity index (χ2n) is 6.11. The van der Waals surface area contributed by atoms with Crippen LogP contribution in [0.2, 0.25) is 0 Å². The molecule has 122 valence electrons. The number of hydrogen-bond acceptors (Lipinski definition) is 5. The summed E-state index contributed by atoms with van der Waals surface area (Å²) >= 11 is 1.65. The fraction of sp³-hybridized carbons (Fsp3) is 0.389. The molecule has 0 aliphatic carbocycles. The Hall–Kier alpha value is -1.85. The lowest BCUT2D eigenvalue weighted by Crippen LogP contribution is -2.26. The highest BCUT2D eigenvalue weighted by Crippen LogP contribution is 2.24. The van der Waals surface area contributed by atoms with E-state index in [1.807, 2.05) is 0 Å². The number of thiazole rings is 1. The minimum absolute atomic E-state index is 0.713. The Balaban J connectivity index is 1.53. The van der Waals surface area contributed by atoms with Gasteiger partial charge in [0.1, 0.15) is 0 Å². The van der Waals surface area contributed by atoms with Crippen molar-refractivity contribution in [3.8, 4) is 0 Å². The van der Waals surface area contributed by atoms with Crippen LogP contribution in [0.5, 0.6) is 0 Å². The van der Waals surface area contributed by atoms with E-state index in [1.54, 1.807) is 11.3 Å². The van der Waals surface area contributed by atoms with E-state index in [1.165, 1.54) is 21.8 Å². The number of nitrogen functional groups attached to an aromatic ring is 1. The van der Waals surface area contributed by atoms with E-state index in [0.717, 1.165) is 32.5 Å². The van der Waals surface area contributed by atoms with Crippen LogP contribution < -0.4 is 10.6 Å². The highest BCUT2D eigenvalue weighted by atomic mass is 32.1. The summed E-state index contributed by atoms with van der Waals surface area (Å²) in [4.78, 5) is 10.4. The molecule has 0 saturated carbocycles. The molecule has 0 unspecified atom stereocenters. The summed E-state index contributed by atoms with van der Waals surface area (Å²) in [7, 11) is 4.12. The van der Waals surface area contributed by atoms with Gasteiger partial charge in [-0.05, 0) is 24.1 Å². The Bertz CT molecular complexity index is 647. The molecule has 0 radical (unpaired) electrons. The molecular formula is C18H24N4S. The number of nitrogens with two attached hydrogens (primary N) is 1. The third-order valence-electron chi connectivity index (χ3n) is 4.20. The molecule has 2 N–H and O–H groups in total. The van der Waals surface area contributed by atoms with Gasteiger partial charge in [0, 0.05) is 50.7 Å². The van der Waals surface area contributed by atoms with Gasteiger partial charge >= 0.3 is 0 Å².